The Bertz CT molecular complexity index is 572. The van der Waals surface area contributed by atoms with E-state index in [4.69, 9.17) is 0 Å². The van der Waals surface area contributed by atoms with Gasteiger partial charge in [-0.2, -0.15) is 0 Å². The minimum Gasteiger partial charge on any atom is -0.353 e. The third-order valence-corrected chi connectivity index (χ3v) is 5.11. The predicted octanol–water partition coefficient (Wildman–Crippen LogP) is 2.70. The molecule has 2 aliphatic rings. The number of amides is 2. The Balaban J connectivity index is 1.42. The molecule has 1 aromatic rings. The van der Waals surface area contributed by atoms with Crippen molar-refractivity contribution in [1.82, 2.24) is 10.6 Å². The van der Waals surface area contributed by atoms with Crippen molar-refractivity contribution in [3.63, 3.8) is 0 Å². The second-order valence-electron chi connectivity index (χ2n) is 6.98. The molecule has 124 valence electrons. The van der Waals surface area contributed by atoms with Gasteiger partial charge in [0.25, 0.3) is 0 Å². The molecular formula is C19H26N2O2. The SMILES string of the molecule is Cc1ccccc1CNC(=O)C1CCC(C(=O)NC2CC2)CC1. The van der Waals surface area contributed by atoms with Gasteiger partial charge in [0.1, 0.15) is 0 Å². The molecule has 23 heavy (non-hydrogen) atoms. The van der Waals surface area contributed by atoms with Crippen LogP contribution in [0.25, 0.3) is 0 Å². The van der Waals surface area contributed by atoms with E-state index in [1.165, 1.54) is 11.1 Å². The summed E-state index contributed by atoms with van der Waals surface area (Å²) in [5.74, 6) is 0.501. The summed E-state index contributed by atoms with van der Waals surface area (Å²) in [7, 11) is 0. The highest BCUT2D eigenvalue weighted by Crippen LogP contribution is 2.30. The first-order valence-electron chi connectivity index (χ1n) is 8.76. The van der Waals surface area contributed by atoms with Crippen LogP contribution in [0.3, 0.4) is 0 Å². The van der Waals surface area contributed by atoms with Crippen molar-refractivity contribution in [2.24, 2.45) is 11.8 Å². The van der Waals surface area contributed by atoms with E-state index in [9.17, 15) is 9.59 Å². The smallest absolute Gasteiger partial charge is 0.223 e. The van der Waals surface area contributed by atoms with Crippen LogP contribution in [0.15, 0.2) is 24.3 Å². The van der Waals surface area contributed by atoms with Gasteiger partial charge < -0.3 is 10.6 Å². The minimum absolute atomic E-state index is 0.0593. The van der Waals surface area contributed by atoms with Gasteiger partial charge in [-0.3, -0.25) is 9.59 Å². The average Bonchev–Trinajstić information content (AvgIpc) is 3.38. The fourth-order valence-corrected chi connectivity index (χ4v) is 3.30. The number of hydrogen-bond donors (Lipinski definition) is 2. The summed E-state index contributed by atoms with van der Waals surface area (Å²) in [6.45, 7) is 2.65. The van der Waals surface area contributed by atoms with Crippen LogP contribution in [0.5, 0.6) is 0 Å². The van der Waals surface area contributed by atoms with E-state index in [2.05, 4.69) is 29.7 Å². The highest BCUT2D eigenvalue weighted by molar-refractivity contribution is 5.81. The molecule has 0 radical (unpaired) electrons. The molecular weight excluding hydrogens is 288 g/mol. The molecule has 0 unspecified atom stereocenters. The Labute approximate surface area is 138 Å². The van der Waals surface area contributed by atoms with Gasteiger partial charge in [0.15, 0.2) is 0 Å². The second-order valence-corrected chi connectivity index (χ2v) is 6.98. The van der Waals surface area contributed by atoms with Gasteiger partial charge in [-0.1, -0.05) is 24.3 Å². The largest absolute Gasteiger partial charge is 0.353 e. The zero-order valence-corrected chi connectivity index (χ0v) is 13.8. The van der Waals surface area contributed by atoms with E-state index < -0.39 is 0 Å². The van der Waals surface area contributed by atoms with Gasteiger partial charge in [-0.15, -0.1) is 0 Å². The van der Waals surface area contributed by atoms with Crippen LogP contribution in [-0.2, 0) is 16.1 Å². The van der Waals surface area contributed by atoms with Crippen LogP contribution in [0, 0.1) is 18.8 Å². The highest BCUT2D eigenvalue weighted by atomic mass is 16.2. The Morgan fingerprint density at radius 1 is 0.957 bits per heavy atom. The third kappa shape index (κ3) is 4.34. The first-order chi connectivity index (χ1) is 11.1. The zero-order valence-electron chi connectivity index (χ0n) is 13.8. The molecule has 1 aromatic carbocycles. The number of nitrogens with one attached hydrogen (secondary N) is 2. The van der Waals surface area contributed by atoms with Crippen LogP contribution in [0.4, 0.5) is 0 Å². The molecule has 2 saturated carbocycles. The van der Waals surface area contributed by atoms with E-state index in [0.717, 1.165) is 38.5 Å². The molecule has 0 spiro atoms. The van der Waals surface area contributed by atoms with E-state index in [0.29, 0.717) is 12.6 Å². The van der Waals surface area contributed by atoms with Crippen molar-refractivity contribution in [2.75, 3.05) is 0 Å². The monoisotopic (exact) mass is 314 g/mol. The Kier molecular flexibility index (Phi) is 4.99. The Hall–Kier alpha value is -1.84. The number of aryl methyl sites for hydroxylation is 1. The van der Waals surface area contributed by atoms with Gasteiger partial charge >= 0.3 is 0 Å². The van der Waals surface area contributed by atoms with Crippen LogP contribution < -0.4 is 10.6 Å². The van der Waals surface area contributed by atoms with Crippen LogP contribution in [0.1, 0.15) is 49.7 Å². The molecule has 0 heterocycles. The van der Waals surface area contributed by atoms with E-state index in [1.54, 1.807) is 0 Å². The fourth-order valence-electron chi connectivity index (χ4n) is 3.30. The van der Waals surface area contributed by atoms with Gasteiger partial charge in [-0.05, 0) is 56.6 Å². The molecule has 2 aliphatic carbocycles. The molecule has 4 heteroatoms. The third-order valence-electron chi connectivity index (χ3n) is 5.11. The molecule has 3 rings (SSSR count). The maximum absolute atomic E-state index is 12.3. The van der Waals surface area contributed by atoms with Gasteiger partial charge in [0.2, 0.25) is 11.8 Å². The van der Waals surface area contributed by atoms with Gasteiger partial charge in [0, 0.05) is 24.4 Å². The minimum atomic E-state index is 0.0593. The van der Waals surface area contributed by atoms with Gasteiger partial charge in [-0.25, -0.2) is 0 Å². The second kappa shape index (κ2) is 7.16. The first kappa shape index (κ1) is 16.0. The summed E-state index contributed by atoms with van der Waals surface area (Å²) in [5.41, 5.74) is 2.37. The molecule has 0 aliphatic heterocycles. The highest BCUT2D eigenvalue weighted by Gasteiger charge is 2.32. The molecule has 4 nitrogen and oxygen atoms in total. The quantitative estimate of drug-likeness (QED) is 0.878. The lowest BCUT2D eigenvalue weighted by Crippen LogP contribution is -2.38. The van der Waals surface area contributed by atoms with Gasteiger partial charge in [0.05, 0.1) is 0 Å². The molecule has 2 N–H and O–H groups in total. The van der Waals surface area contributed by atoms with E-state index in [-0.39, 0.29) is 23.7 Å². The lowest BCUT2D eigenvalue weighted by molar-refractivity contribution is -0.130. The summed E-state index contributed by atoms with van der Waals surface area (Å²) >= 11 is 0. The van der Waals surface area contributed by atoms with Crippen molar-refractivity contribution < 1.29 is 9.59 Å². The van der Waals surface area contributed by atoms with E-state index in [1.807, 2.05) is 12.1 Å². The lowest BCUT2D eigenvalue weighted by Gasteiger charge is -2.27. The fraction of sp³-hybridized carbons (Fsp3) is 0.579. The predicted molar refractivity (Wildman–Crippen MR) is 89.6 cm³/mol. The van der Waals surface area contributed by atoms with Crippen molar-refractivity contribution in [3.05, 3.63) is 35.4 Å². The summed E-state index contributed by atoms with van der Waals surface area (Å²) in [4.78, 5) is 24.4. The average molecular weight is 314 g/mol. The molecule has 0 saturated heterocycles. The van der Waals surface area contributed by atoms with Crippen molar-refractivity contribution in [1.29, 1.82) is 0 Å². The standard InChI is InChI=1S/C19H26N2O2/c1-13-4-2-3-5-16(13)12-20-18(22)14-6-8-15(9-7-14)19(23)21-17-10-11-17/h2-5,14-15,17H,6-12H2,1H3,(H,20,22)(H,21,23). The summed E-state index contributed by atoms with van der Waals surface area (Å²) < 4.78 is 0. The maximum atomic E-state index is 12.3. The van der Waals surface area contributed by atoms with Crippen molar-refractivity contribution in [2.45, 2.75) is 58.0 Å². The number of benzene rings is 1. The van der Waals surface area contributed by atoms with Crippen LogP contribution >= 0.6 is 0 Å². The maximum Gasteiger partial charge on any atom is 0.223 e. The zero-order chi connectivity index (χ0) is 16.2. The number of carbonyl (C=O) groups is 2. The topological polar surface area (TPSA) is 58.2 Å². The van der Waals surface area contributed by atoms with Crippen LogP contribution in [-0.4, -0.2) is 17.9 Å². The number of hydrogen-bond acceptors (Lipinski definition) is 2. The van der Waals surface area contributed by atoms with Crippen molar-refractivity contribution >= 4 is 11.8 Å². The normalized spacial score (nSPS) is 24.0. The molecule has 0 atom stereocenters. The molecule has 2 amide bonds. The Morgan fingerprint density at radius 2 is 1.57 bits per heavy atom. The Morgan fingerprint density at radius 3 is 2.17 bits per heavy atom. The first-order valence-corrected chi connectivity index (χ1v) is 8.76. The number of carbonyl (C=O) groups excluding carboxylic acids is 2. The molecule has 0 bridgehead atoms. The summed E-state index contributed by atoms with van der Waals surface area (Å²) in [5, 5.41) is 6.14. The summed E-state index contributed by atoms with van der Waals surface area (Å²) in [6, 6.07) is 8.55. The lowest BCUT2D eigenvalue weighted by atomic mass is 9.81. The number of rotatable bonds is 5. The summed E-state index contributed by atoms with van der Waals surface area (Å²) in [6.07, 6.45) is 5.57. The molecule has 0 aromatic heterocycles. The van der Waals surface area contributed by atoms with Crippen molar-refractivity contribution in [3.8, 4) is 0 Å². The van der Waals surface area contributed by atoms with E-state index >= 15 is 0 Å². The molecule has 2 fully saturated rings. The van der Waals surface area contributed by atoms with Crippen LogP contribution in [0.2, 0.25) is 0 Å².